The van der Waals surface area contributed by atoms with E-state index in [2.05, 4.69) is 27.4 Å². The second-order valence-corrected chi connectivity index (χ2v) is 6.25. The minimum atomic E-state index is 0.0943. The van der Waals surface area contributed by atoms with Crippen LogP contribution in [0.1, 0.15) is 52.9 Å². The fraction of sp³-hybridized carbons (Fsp3) is 0.786. The first-order valence-electron chi connectivity index (χ1n) is 6.10. The molecule has 0 saturated heterocycles. The van der Waals surface area contributed by atoms with Gasteiger partial charge in [0.2, 0.25) is 0 Å². The predicted molar refractivity (Wildman–Crippen MR) is 62.6 cm³/mol. The first kappa shape index (κ1) is 10.9. The lowest BCUT2D eigenvalue weighted by atomic mass is 9.50. The van der Waals surface area contributed by atoms with E-state index in [4.69, 9.17) is 0 Å². The van der Waals surface area contributed by atoms with Crippen LogP contribution in [0.3, 0.4) is 0 Å². The Labute approximate surface area is 92.9 Å². The molecular formula is C14H22O. The zero-order valence-electron chi connectivity index (χ0n) is 10.2. The van der Waals surface area contributed by atoms with Crippen LogP contribution in [0, 0.1) is 16.7 Å². The molecule has 0 heterocycles. The molecule has 2 fully saturated rings. The van der Waals surface area contributed by atoms with Crippen LogP contribution in [0.15, 0.2) is 12.2 Å². The quantitative estimate of drug-likeness (QED) is 0.552. The van der Waals surface area contributed by atoms with Crippen molar-refractivity contribution in [2.24, 2.45) is 16.7 Å². The van der Waals surface area contributed by atoms with Gasteiger partial charge in [0, 0.05) is 6.42 Å². The number of ketones is 1. The molecule has 2 rings (SSSR count). The minimum absolute atomic E-state index is 0.0943. The fourth-order valence-electron chi connectivity index (χ4n) is 3.94. The third kappa shape index (κ3) is 1.47. The van der Waals surface area contributed by atoms with Gasteiger partial charge < -0.3 is 0 Å². The normalized spacial score (nSPS) is 40.1. The van der Waals surface area contributed by atoms with E-state index in [1.807, 2.05) is 0 Å². The summed E-state index contributed by atoms with van der Waals surface area (Å²) >= 11 is 0. The maximum Gasteiger partial charge on any atom is 0.158 e. The molecule has 15 heavy (non-hydrogen) atoms. The lowest BCUT2D eigenvalue weighted by molar-refractivity contribution is -0.122. The number of carbonyl (C=O) groups excluding carboxylic acids is 1. The Kier molecular flexibility index (Phi) is 2.33. The van der Waals surface area contributed by atoms with Crippen LogP contribution < -0.4 is 0 Å². The summed E-state index contributed by atoms with van der Waals surface area (Å²) < 4.78 is 0. The van der Waals surface area contributed by atoms with Gasteiger partial charge >= 0.3 is 0 Å². The highest BCUT2D eigenvalue weighted by Gasteiger charge is 2.51. The van der Waals surface area contributed by atoms with Gasteiger partial charge in [0.05, 0.1) is 0 Å². The second kappa shape index (κ2) is 3.20. The minimum Gasteiger partial charge on any atom is -0.295 e. The zero-order valence-corrected chi connectivity index (χ0v) is 10.2. The summed E-state index contributed by atoms with van der Waals surface area (Å²) in [6.45, 7) is 11.0. The Bertz CT molecular complexity index is 313. The maximum atomic E-state index is 11.8. The number of fused-ring (bicyclic) bond motifs is 1. The smallest absolute Gasteiger partial charge is 0.158 e. The molecule has 0 spiro atoms. The van der Waals surface area contributed by atoms with E-state index in [0.717, 1.165) is 24.8 Å². The fourth-order valence-corrected chi connectivity index (χ4v) is 3.94. The Balaban J connectivity index is 2.38. The highest BCUT2D eigenvalue weighted by atomic mass is 16.1. The van der Waals surface area contributed by atoms with Crippen molar-refractivity contribution in [3.63, 3.8) is 0 Å². The van der Waals surface area contributed by atoms with Crippen molar-refractivity contribution in [1.82, 2.24) is 0 Å². The average Bonchev–Trinajstić information content (AvgIpc) is 2.12. The van der Waals surface area contributed by atoms with Gasteiger partial charge in [-0.05, 0) is 41.6 Å². The third-order valence-corrected chi connectivity index (χ3v) is 4.92. The number of hydrogen-bond donors (Lipinski definition) is 0. The van der Waals surface area contributed by atoms with E-state index in [1.165, 1.54) is 12.8 Å². The first-order valence-corrected chi connectivity index (χ1v) is 6.10. The first-order chi connectivity index (χ1) is 6.88. The molecular weight excluding hydrogens is 184 g/mol. The van der Waals surface area contributed by atoms with Gasteiger partial charge in [0.1, 0.15) is 0 Å². The van der Waals surface area contributed by atoms with Crippen molar-refractivity contribution in [3.05, 3.63) is 12.2 Å². The molecule has 84 valence electrons. The molecule has 2 aliphatic rings. The van der Waals surface area contributed by atoms with Gasteiger partial charge in [-0.2, -0.15) is 0 Å². The Hall–Kier alpha value is -0.590. The van der Waals surface area contributed by atoms with Gasteiger partial charge in [-0.15, -0.1) is 0 Å². The topological polar surface area (TPSA) is 17.1 Å². The van der Waals surface area contributed by atoms with Crippen molar-refractivity contribution in [1.29, 1.82) is 0 Å². The number of carbonyl (C=O) groups is 1. The second-order valence-electron chi connectivity index (χ2n) is 6.25. The lowest BCUT2D eigenvalue weighted by Gasteiger charge is -2.54. The number of rotatable bonds is 0. The summed E-state index contributed by atoms with van der Waals surface area (Å²) in [6.07, 6.45) is 5.50. The average molecular weight is 206 g/mol. The summed E-state index contributed by atoms with van der Waals surface area (Å²) in [4.78, 5) is 11.8. The molecule has 0 aromatic rings. The van der Waals surface area contributed by atoms with Crippen LogP contribution >= 0.6 is 0 Å². The largest absolute Gasteiger partial charge is 0.295 e. The Morgan fingerprint density at radius 3 is 2.60 bits per heavy atom. The molecule has 0 aliphatic heterocycles. The van der Waals surface area contributed by atoms with Crippen LogP contribution in [0.4, 0.5) is 0 Å². The van der Waals surface area contributed by atoms with E-state index in [9.17, 15) is 4.79 Å². The van der Waals surface area contributed by atoms with Crippen molar-refractivity contribution >= 4 is 5.78 Å². The van der Waals surface area contributed by atoms with E-state index in [0.29, 0.717) is 17.1 Å². The van der Waals surface area contributed by atoms with Crippen LogP contribution in [0.2, 0.25) is 0 Å². The molecule has 0 amide bonds. The lowest BCUT2D eigenvalue weighted by Crippen LogP contribution is -2.47. The van der Waals surface area contributed by atoms with Crippen molar-refractivity contribution in [2.75, 3.05) is 0 Å². The molecule has 1 nitrogen and oxygen atoms in total. The van der Waals surface area contributed by atoms with E-state index < -0.39 is 0 Å². The van der Waals surface area contributed by atoms with Gasteiger partial charge in [-0.25, -0.2) is 0 Å². The van der Waals surface area contributed by atoms with E-state index in [1.54, 1.807) is 0 Å². The van der Waals surface area contributed by atoms with Crippen molar-refractivity contribution < 1.29 is 4.79 Å². The highest BCUT2D eigenvalue weighted by molar-refractivity contribution is 5.97. The van der Waals surface area contributed by atoms with Gasteiger partial charge in [0.15, 0.2) is 5.78 Å². The molecule has 2 aliphatic carbocycles. The highest BCUT2D eigenvalue weighted by Crippen LogP contribution is 2.58. The Morgan fingerprint density at radius 1 is 1.27 bits per heavy atom. The molecule has 0 radical (unpaired) electrons. The van der Waals surface area contributed by atoms with Crippen molar-refractivity contribution in [3.8, 4) is 0 Å². The maximum absolute atomic E-state index is 11.8. The SMILES string of the molecule is C=C1C(=O)CC[C@H]2C(C)(C)CCC[C@]12C. The molecule has 2 saturated carbocycles. The van der Waals surface area contributed by atoms with Gasteiger partial charge in [-0.1, -0.05) is 33.8 Å². The zero-order chi connectivity index (χ0) is 11.3. The van der Waals surface area contributed by atoms with Gasteiger partial charge in [-0.3, -0.25) is 4.79 Å². The summed E-state index contributed by atoms with van der Waals surface area (Å²) in [5.41, 5.74) is 1.39. The number of allylic oxidation sites excluding steroid dienone is 1. The number of hydrogen-bond acceptors (Lipinski definition) is 1. The molecule has 0 N–H and O–H groups in total. The standard InChI is InChI=1S/C14H22O/c1-10-11(15)6-7-12-13(2,3)8-5-9-14(10,12)4/h12H,1,5-9H2,2-4H3/t12-,14+/m0/s1. The molecule has 0 aromatic carbocycles. The van der Waals surface area contributed by atoms with Gasteiger partial charge in [0.25, 0.3) is 0 Å². The summed E-state index contributed by atoms with van der Waals surface area (Å²) in [6, 6.07) is 0. The van der Waals surface area contributed by atoms with Crippen LogP contribution in [0.25, 0.3) is 0 Å². The summed E-state index contributed by atoms with van der Waals surface area (Å²) in [5.74, 6) is 0.968. The molecule has 0 unspecified atom stereocenters. The van der Waals surface area contributed by atoms with E-state index in [-0.39, 0.29) is 5.41 Å². The van der Waals surface area contributed by atoms with Crippen LogP contribution in [-0.4, -0.2) is 5.78 Å². The number of Topliss-reactive ketones (excluding diaryl/α,β-unsaturated/α-hetero) is 1. The molecule has 0 aromatic heterocycles. The van der Waals surface area contributed by atoms with Crippen molar-refractivity contribution in [2.45, 2.75) is 52.9 Å². The van der Waals surface area contributed by atoms with Crippen LogP contribution in [0.5, 0.6) is 0 Å². The molecule has 2 atom stereocenters. The predicted octanol–water partition coefficient (Wildman–Crippen LogP) is 3.74. The summed E-state index contributed by atoms with van der Waals surface area (Å²) in [7, 11) is 0. The van der Waals surface area contributed by atoms with E-state index >= 15 is 0 Å². The monoisotopic (exact) mass is 206 g/mol. The summed E-state index contributed by atoms with van der Waals surface area (Å²) in [5, 5.41) is 0. The third-order valence-electron chi connectivity index (χ3n) is 4.92. The molecule has 0 bridgehead atoms. The Morgan fingerprint density at radius 2 is 1.93 bits per heavy atom. The van der Waals surface area contributed by atoms with Crippen LogP contribution in [-0.2, 0) is 4.79 Å². The molecule has 1 heteroatoms.